The van der Waals surface area contributed by atoms with Gasteiger partial charge in [-0.25, -0.2) is 0 Å². The Bertz CT molecular complexity index is 355. The molecule has 1 unspecified atom stereocenters. The average Bonchev–Trinajstić information content (AvgIpc) is 2.93. The van der Waals surface area contributed by atoms with E-state index in [2.05, 4.69) is 41.7 Å². The van der Waals surface area contributed by atoms with Crippen LogP contribution in [0.3, 0.4) is 0 Å². The molecule has 3 nitrogen and oxygen atoms in total. The van der Waals surface area contributed by atoms with E-state index >= 15 is 0 Å². The highest BCUT2D eigenvalue weighted by Gasteiger charge is 2.35. The van der Waals surface area contributed by atoms with E-state index in [0.29, 0.717) is 6.04 Å². The summed E-state index contributed by atoms with van der Waals surface area (Å²) in [6.07, 6.45) is 6.24. The van der Waals surface area contributed by atoms with Crippen molar-refractivity contribution in [1.82, 2.24) is 10.3 Å². The van der Waals surface area contributed by atoms with Gasteiger partial charge in [-0.1, -0.05) is 12.5 Å². The molecule has 2 rings (SSSR count). The Morgan fingerprint density at radius 1 is 1.37 bits per heavy atom. The Balaban J connectivity index is 1.94. The Labute approximate surface area is 121 Å². The van der Waals surface area contributed by atoms with Crippen molar-refractivity contribution in [1.29, 1.82) is 0 Å². The molecule has 0 amide bonds. The maximum Gasteiger partial charge on any atom is 0.0392 e. The highest BCUT2D eigenvalue weighted by Crippen LogP contribution is 2.26. The van der Waals surface area contributed by atoms with Crippen LogP contribution in [0, 0.1) is 0 Å². The van der Waals surface area contributed by atoms with Crippen molar-refractivity contribution < 1.29 is 0 Å². The van der Waals surface area contributed by atoms with Crippen LogP contribution in [0.4, 0.5) is 0 Å². The lowest BCUT2D eigenvalue weighted by Crippen LogP contribution is -2.60. The Morgan fingerprint density at radius 2 is 2.11 bits per heavy atom. The summed E-state index contributed by atoms with van der Waals surface area (Å²) in [4.78, 5) is 4.06. The maximum absolute atomic E-state index is 5.83. The van der Waals surface area contributed by atoms with Crippen LogP contribution in [0.25, 0.3) is 0 Å². The van der Waals surface area contributed by atoms with E-state index in [4.69, 9.17) is 5.84 Å². The quantitative estimate of drug-likeness (QED) is 0.622. The highest BCUT2D eigenvalue weighted by atomic mass is 32.1. The highest BCUT2D eigenvalue weighted by molar-refractivity contribution is 7.09. The molecule has 1 aromatic heterocycles. The van der Waals surface area contributed by atoms with Gasteiger partial charge >= 0.3 is 0 Å². The van der Waals surface area contributed by atoms with Crippen LogP contribution >= 0.6 is 11.3 Å². The monoisotopic (exact) mass is 281 g/mol. The van der Waals surface area contributed by atoms with E-state index in [1.165, 1.54) is 37.2 Å². The van der Waals surface area contributed by atoms with Crippen LogP contribution in [0.2, 0.25) is 0 Å². The topological polar surface area (TPSA) is 41.3 Å². The van der Waals surface area contributed by atoms with E-state index in [0.717, 1.165) is 12.8 Å². The summed E-state index contributed by atoms with van der Waals surface area (Å²) in [6, 6.07) is 4.68. The summed E-state index contributed by atoms with van der Waals surface area (Å²) >= 11 is 1.84. The van der Waals surface area contributed by atoms with Gasteiger partial charge in [-0.05, 0) is 64.1 Å². The summed E-state index contributed by atoms with van der Waals surface area (Å²) in [5, 5.41) is 2.15. The standard InChI is InChI=1S/C15H27N3S/c1-15(2,18-10-4-3-5-11-18)14(17-16)9-8-13-7-6-12-19-13/h6-7,12,14,17H,3-5,8-11,16H2,1-2H3. The lowest BCUT2D eigenvalue weighted by molar-refractivity contribution is 0.0584. The predicted molar refractivity (Wildman–Crippen MR) is 83.3 cm³/mol. The molecule has 0 bridgehead atoms. The number of hydrogen-bond donors (Lipinski definition) is 2. The number of nitrogens with one attached hydrogen (secondary N) is 1. The van der Waals surface area contributed by atoms with Gasteiger partial charge in [0.15, 0.2) is 0 Å². The van der Waals surface area contributed by atoms with Crippen LogP contribution in [0.5, 0.6) is 0 Å². The third kappa shape index (κ3) is 3.78. The first kappa shape index (κ1) is 15.0. The molecule has 3 N–H and O–H groups in total. The minimum Gasteiger partial charge on any atom is -0.297 e. The van der Waals surface area contributed by atoms with E-state index < -0.39 is 0 Å². The summed E-state index contributed by atoms with van der Waals surface area (Å²) < 4.78 is 0. The predicted octanol–water partition coefficient (Wildman–Crippen LogP) is 2.78. The van der Waals surface area contributed by atoms with Crippen LogP contribution in [-0.4, -0.2) is 29.6 Å². The second kappa shape index (κ2) is 6.84. The van der Waals surface area contributed by atoms with Crippen molar-refractivity contribution in [2.75, 3.05) is 13.1 Å². The largest absolute Gasteiger partial charge is 0.297 e. The summed E-state index contributed by atoms with van der Waals surface area (Å²) in [5.41, 5.74) is 3.20. The van der Waals surface area contributed by atoms with E-state index in [-0.39, 0.29) is 5.54 Å². The van der Waals surface area contributed by atoms with Crippen molar-refractivity contribution in [2.24, 2.45) is 5.84 Å². The number of nitrogens with zero attached hydrogens (tertiary/aromatic N) is 1. The van der Waals surface area contributed by atoms with E-state index in [9.17, 15) is 0 Å². The molecule has 19 heavy (non-hydrogen) atoms. The van der Waals surface area contributed by atoms with Crippen LogP contribution < -0.4 is 11.3 Å². The van der Waals surface area contributed by atoms with Gasteiger partial charge in [0.05, 0.1) is 0 Å². The third-order valence-corrected chi connectivity index (χ3v) is 5.42. The molecule has 0 aliphatic carbocycles. The van der Waals surface area contributed by atoms with E-state index in [1.54, 1.807) is 0 Å². The minimum atomic E-state index is 0.131. The lowest BCUT2D eigenvalue weighted by Gasteiger charge is -2.45. The smallest absolute Gasteiger partial charge is 0.0392 e. The fourth-order valence-corrected chi connectivity index (χ4v) is 3.80. The van der Waals surface area contributed by atoms with Crippen LogP contribution in [-0.2, 0) is 6.42 Å². The Hall–Kier alpha value is -0.420. The summed E-state index contributed by atoms with van der Waals surface area (Å²) in [6.45, 7) is 7.09. The van der Waals surface area contributed by atoms with Gasteiger partial charge in [-0.3, -0.25) is 16.2 Å². The molecule has 1 fully saturated rings. The zero-order valence-corrected chi connectivity index (χ0v) is 13.0. The first-order chi connectivity index (χ1) is 9.14. The van der Waals surface area contributed by atoms with Crippen molar-refractivity contribution in [3.05, 3.63) is 22.4 Å². The van der Waals surface area contributed by atoms with Gasteiger partial charge in [0.25, 0.3) is 0 Å². The number of thiophene rings is 1. The molecule has 1 aliphatic rings. The van der Waals surface area contributed by atoms with Crippen molar-refractivity contribution in [3.63, 3.8) is 0 Å². The number of aryl methyl sites for hydroxylation is 1. The number of likely N-dealkylation sites (tertiary alicyclic amines) is 1. The zero-order chi connectivity index (χ0) is 13.7. The number of hydrogen-bond acceptors (Lipinski definition) is 4. The van der Waals surface area contributed by atoms with Crippen molar-refractivity contribution >= 4 is 11.3 Å². The molecule has 0 spiro atoms. The Morgan fingerprint density at radius 3 is 2.68 bits per heavy atom. The molecule has 4 heteroatoms. The maximum atomic E-state index is 5.83. The number of hydrazine groups is 1. The van der Waals surface area contributed by atoms with Crippen molar-refractivity contribution in [3.8, 4) is 0 Å². The normalized spacial score (nSPS) is 19.5. The summed E-state index contributed by atoms with van der Waals surface area (Å²) in [5.74, 6) is 5.83. The van der Waals surface area contributed by atoms with Gasteiger partial charge in [-0.15, -0.1) is 11.3 Å². The van der Waals surface area contributed by atoms with Gasteiger partial charge in [0.2, 0.25) is 0 Å². The van der Waals surface area contributed by atoms with E-state index in [1.807, 2.05) is 11.3 Å². The zero-order valence-electron chi connectivity index (χ0n) is 12.2. The summed E-state index contributed by atoms with van der Waals surface area (Å²) in [7, 11) is 0. The minimum absolute atomic E-state index is 0.131. The number of rotatable bonds is 6. The molecular weight excluding hydrogens is 254 g/mol. The molecule has 1 aromatic rings. The SMILES string of the molecule is CC(C)(C(CCc1cccs1)NN)N1CCCCC1. The molecule has 0 aromatic carbocycles. The third-order valence-electron chi connectivity index (χ3n) is 4.48. The van der Waals surface area contributed by atoms with Gasteiger partial charge in [-0.2, -0.15) is 0 Å². The number of piperidine rings is 1. The molecule has 0 radical (unpaired) electrons. The molecule has 0 saturated carbocycles. The van der Waals surface area contributed by atoms with Gasteiger partial charge in [0, 0.05) is 16.5 Å². The molecule has 2 heterocycles. The molecular formula is C15H27N3S. The first-order valence-electron chi connectivity index (χ1n) is 7.38. The second-order valence-corrected chi connectivity index (χ2v) is 7.07. The lowest BCUT2D eigenvalue weighted by atomic mass is 9.87. The van der Waals surface area contributed by atoms with Gasteiger partial charge in [0.1, 0.15) is 0 Å². The fourth-order valence-electron chi connectivity index (χ4n) is 3.07. The number of nitrogens with two attached hydrogens (primary N) is 1. The van der Waals surface area contributed by atoms with Crippen LogP contribution in [0.15, 0.2) is 17.5 Å². The molecule has 108 valence electrons. The average molecular weight is 281 g/mol. The Kier molecular flexibility index (Phi) is 5.39. The van der Waals surface area contributed by atoms with Gasteiger partial charge < -0.3 is 0 Å². The fraction of sp³-hybridized carbons (Fsp3) is 0.733. The second-order valence-electron chi connectivity index (χ2n) is 6.04. The molecule has 1 aliphatic heterocycles. The molecule has 1 saturated heterocycles. The molecule has 1 atom stereocenters. The van der Waals surface area contributed by atoms with Crippen LogP contribution in [0.1, 0.15) is 44.4 Å². The van der Waals surface area contributed by atoms with Crippen molar-refractivity contribution in [2.45, 2.75) is 57.5 Å². The first-order valence-corrected chi connectivity index (χ1v) is 8.26.